The van der Waals surface area contributed by atoms with Crippen LogP contribution in [0.4, 0.5) is 5.69 Å². The van der Waals surface area contributed by atoms with Gasteiger partial charge in [0.15, 0.2) is 0 Å². The minimum Gasteiger partial charge on any atom is -0.323 e. The quantitative estimate of drug-likeness (QED) is 0.846. The molecule has 9 nitrogen and oxygen atoms in total. The number of sulfonamides is 1. The standard InChI is InChI=1S/C16H24N6O3S/c1-11-14(8-17-20(11)3)19-16(23)13-6-5-7-22(10-13)26(24,25)15-9-18-21(4)12(15)2/h8-9,13H,5-7,10H2,1-4H3,(H,19,23). The molecule has 1 fully saturated rings. The predicted octanol–water partition coefficient (Wildman–Crippen LogP) is 0.810. The van der Waals surface area contributed by atoms with Crippen molar-refractivity contribution in [2.45, 2.75) is 31.6 Å². The molecule has 1 amide bonds. The molecule has 0 aromatic carbocycles. The summed E-state index contributed by atoms with van der Waals surface area (Å²) in [5.74, 6) is -0.570. The fourth-order valence-corrected chi connectivity index (χ4v) is 4.81. The number of aromatic nitrogens is 4. The van der Waals surface area contributed by atoms with Crippen LogP contribution < -0.4 is 5.32 Å². The van der Waals surface area contributed by atoms with Crippen molar-refractivity contribution < 1.29 is 13.2 Å². The Bertz CT molecular complexity index is 930. The van der Waals surface area contributed by atoms with Crippen LogP contribution in [0.2, 0.25) is 0 Å². The van der Waals surface area contributed by atoms with Gasteiger partial charge in [0.1, 0.15) is 4.90 Å². The number of piperidine rings is 1. The Morgan fingerprint density at radius 3 is 2.38 bits per heavy atom. The predicted molar refractivity (Wildman–Crippen MR) is 96.0 cm³/mol. The maximum absolute atomic E-state index is 12.9. The summed E-state index contributed by atoms with van der Waals surface area (Å²) >= 11 is 0. The normalized spacial score (nSPS) is 18.8. The van der Waals surface area contributed by atoms with Crippen LogP contribution in [0.15, 0.2) is 17.3 Å². The van der Waals surface area contributed by atoms with E-state index < -0.39 is 15.9 Å². The monoisotopic (exact) mass is 380 g/mol. The fraction of sp³-hybridized carbons (Fsp3) is 0.562. The molecular formula is C16H24N6O3S. The molecule has 10 heteroatoms. The molecule has 1 N–H and O–H groups in total. The summed E-state index contributed by atoms with van der Waals surface area (Å²) in [5, 5.41) is 11.0. The highest BCUT2D eigenvalue weighted by molar-refractivity contribution is 7.89. The van der Waals surface area contributed by atoms with Crippen molar-refractivity contribution in [3.05, 3.63) is 23.8 Å². The van der Waals surface area contributed by atoms with Crippen molar-refractivity contribution in [3.8, 4) is 0 Å². The number of carbonyl (C=O) groups is 1. The summed E-state index contributed by atoms with van der Waals surface area (Å²) < 4.78 is 30.5. The lowest BCUT2D eigenvalue weighted by Gasteiger charge is -2.31. The van der Waals surface area contributed by atoms with Gasteiger partial charge in [0.05, 0.1) is 35.4 Å². The Morgan fingerprint density at radius 2 is 1.81 bits per heavy atom. The second kappa shape index (κ2) is 6.84. The number of aryl methyl sites for hydroxylation is 2. The Morgan fingerprint density at radius 1 is 1.15 bits per heavy atom. The number of nitrogens with one attached hydrogen (secondary N) is 1. The fourth-order valence-electron chi connectivity index (χ4n) is 3.10. The highest BCUT2D eigenvalue weighted by atomic mass is 32.2. The number of anilines is 1. The molecule has 2 aromatic heterocycles. The molecule has 0 radical (unpaired) electrons. The average molecular weight is 380 g/mol. The van der Waals surface area contributed by atoms with Gasteiger partial charge in [0.2, 0.25) is 15.9 Å². The SMILES string of the molecule is Cc1c(NC(=O)C2CCCN(S(=O)(=O)c3cnn(C)c3C)C2)cnn1C. The van der Waals surface area contributed by atoms with E-state index in [2.05, 4.69) is 15.5 Å². The number of hydrogen-bond donors (Lipinski definition) is 1. The Hall–Kier alpha value is -2.20. The minimum atomic E-state index is -3.66. The van der Waals surface area contributed by atoms with Crippen LogP contribution in [0.1, 0.15) is 24.2 Å². The van der Waals surface area contributed by atoms with Crippen LogP contribution in [0, 0.1) is 19.8 Å². The largest absolute Gasteiger partial charge is 0.323 e. The van der Waals surface area contributed by atoms with Crippen LogP contribution in [0.3, 0.4) is 0 Å². The highest BCUT2D eigenvalue weighted by Gasteiger charge is 2.35. The number of amides is 1. The molecule has 1 atom stereocenters. The zero-order valence-corrected chi connectivity index (χ0v) is 16.2. The molecular weight excluding hydrogens is 356 g/mol. The molecule has 0 bridgehead atoms. The first-order chi connectivity index (χ1) is 12.2. The van der Waals surface area contributed by atoms with E-state index in [0.29, 0.717) is 30.8 Å². The zero-order chi connectivity index (χ0) is 19.1. The van der Waals surface area contributed by atoms with E-state index in [9.17, 15) is 13.2 Å². The van der Waals surface area contributed by atoms with Crippen LogP contribution in [0.5, 0.6) is 0 Å². The topological polar surface area (TPSA) is 102 Å². The zero-order valence-electron chi connectivity index (χ0n) is 15.4. The molecule has 26 heavy (non-hydrogen) atoms. The van der Waals surface area contributed by atoms with Gasteiger partial charge in [0, 0.05) is 27.2 Å². The second-order valence-electron chi connectivity index (χ2n) is 6.68. The smallest absolute Gasteiger partial charge is 0.246 e. The lowest BCUT2D eigenvalue weighted by atomic mass is 9.99. The van der Waals surface area contributed by atoms with Crippen molar-refractivity contribution >= 4 is 21.6 Å². The number of hydrogen-bond acceptors (Lipinski definition) is 5. The van der Waals surface area contributed by atoms with Gasteiger partial charge in [-0.2, -0.15) is 14.5 Å². The molecule has 0 saturated carbocycles. The Labute approximate surface area is 153 Å². The maximum Gasteiger partial charge on any atom is 0.246 e. The van der Waals surface area contributed by atoms with Crippen LogP contribution in [0.25, 0.3) is 0 Å². The van der Waals surface area contributed by atoms with Crippen LogP contribution in [-0.2, 0) is 28.9 Å². The van der Waals surface area contributed by atoms with E-state index in [0.717, 1.165) is 5.69 Å². The molecule has 0 aliphatic carbocycles. The number of nitrogens with zero attached hydrogens (tertiary/aromatic N) is 5. The van der Waals surface area contributed by atoms with Gasteiger partial charge in [-0.3, -0.25) is 14.2 Å². The third-order valence-electron chi connectivity index (χ3n) is 5.06. The third kappa shape index (κ3) is 3.26. The molecule has 1 aliphatic rings. The van der Waals surface area contributed by atoms with E-state index in [4.69, 9.17) is 0 Å². The summed E-state index contributed by atoms with van der Waals surface area (Å²) in [6.45, 7) is 4.17. The van der Waals surface area contributed by atoms with Crippen LogP contribution >= 0.6 is 0 Å². The summed E-state index contributed by atoms with van der Waals surface area (Å²) in [6.07, 6.45) is 4.27. The first-order valence-electron chi connectivity index (χ1n) is 8.50. The van der Waals surface area contributed by atoms with Crippen molar-refractivity contribution in [2.75, 3.05) is 18.4 Å². The molecule has 1 unspecified atom stereocenters. The second-order valence-corrected chi connectivity index (χ2v) is 8.58. The molecule has 1 saturated heterocycles. The van der Waals surface area contributed by atoms with Gasteiger partial charge in [-0.1, -0.05) is 0 Å². The van der Waals surface area contributed by atoms with E-state index in [1.807, 2.05) is 6.92 Å². The minimum absolute atomic E-state index is 0.168. The Kier molecular flexibility index (Phi) is 4.89. The van der Waals surface area contributed by atoms with E-state index in [-0.39, 0.29) is 17.3 Å². The summed E-state index contributed by atoms with van der Waals surface area (Å²) in [4.78, 5) is 12.8. The average Bonchev–Trinajstić information content (AvgIpc) is 3.12. The molecule has 3 rings (SSSR count). The molecule has 3 heterocycles. The van der Waals surface area contributed by atoms with Gasteiger partial charge >= 0.3 is 0 Å². The lowest BCUT2D eigenvalue weighted by Crippen LogP contribution is -2.43. The molecule has 0 spiro atoms. The molecule has 1 aliphatic heterocycles. The molecule has 2 aromatic rings. The third-order valence-corrected chi connectivity index (χ3v) is 7.02. The van der Waals surface area contributed by atoms with E-state index >= 15 is 0 Å². The Balaban J connectivity index is 1.75. The highest BCUT2D eigenvalue weighted by Crippen LogP contribution is 2.26. The first kappa shape index (κ1) is 18.6. The van der Waals surface area contributed by atoms with Crippen molar-refractivity contribution in [1.29, 1.82) is 0 Å². The van der Waals surface area contributed by atoms with Gasteiger partial charge in [-0.15, -0.1) is 0 Å². The van der Waals surface area contributed by atoms with Crippen molar-refractivity contribution in [2.24, 2.45) is 20.0 Å². The maximum atomic E-state index is 12.9. The summed E-state index contributed by atoms with van der Waals surface area (Å²) in [6, 6.07) is 0. The van der Waals surface area contributed by atoms with E-state index in [1.54, 1.807) is 31.9 Å². The van der Waals surface area contributed by atoms with Gasteiger partial charge in [0.25, 0.3) is 0 Å². The number of carbonyl (C=O) groups excluding carboxylic acids is 1. The van der Waals surface area contributed by atoms with Gasteiger partial charge in [-0.25, -0.2) is 8.42 Å². The number of rotatable bonds is 4. The van der Waals surface area contributed by atoms with Crippen molar-refractivity contribution in [1.82, 2.24) is 23.9 Å². The summed E-state index contributed by atoms with van der Waals surface area (Å²) in [5.41, 5.74) is 2.09. The first-order valence-corrected chi connectivity index (χ1v) is 9.94. The lowest BCUT2D eigenvalue weighted by molar-refractivity contribution is -0.120. The summed E-state index contributed by atoms with van der Waals surface area (Å²) in [7, 11) is -0.155. The van der Waals surface area contributed by atoms with Gasteiger partial charge in [-0.05, 0) is 26.7 Å². The van der Waals surface area contributed by atoms with E-state index in [1.165, 1.54) is 15.2 Å². The van der Waals surface area contributed by atoms with Gasteiger partial charge < -0.3 is 5.32 Å². The van der Waals surface area contributed by atoms with Crippen molar-refractivity contribution in [3.63, 3.8) is 0 Å². The van der Waals surface area contributed by atoms with Crippen LogP contribution in [-0.4, -0.2) is 51.3 Å². The molecule has 142 valence electrons.